The second-order valence-electron chi connectivity index (χ2n) is 8.77. The number of anilines is 2. The number of fused-ring (bicyclic) bond motifs is 1. The zero-order valence-corrected chi connectivity index (χ0v) is 18.3. The Morgan fingerprint density at radius 2 is 2.03 bits per heavy atom. The first kappa shape index (κ1) is 21.2. The van der Waals surface area contributed by atoms with Crippen molar-refractivity contribution in [3.05, 3.63) is 48.9 Å². The van der Waals surface area contributed by atoms with Crippen molar-refractivity contribution in [2.75, 3.05) is 23.3 Å². The number of H-pyrrole nitrogens is 1. The molecule has 0 radical (unpaired) electrons. The summed E-state index contributed by atoms with van der Waals surface area (Å²) in [4.78, 5) is 27.4. The van der Waals surface area contributed by atoms with Gasteiger partial charge in [-0.3, -0.25) is 4.79 Å². The lowest BCUT2D eigenvalue weighted by Gasteiger charge is -2.35. The minimum absolute atomic E-state index is 0.0748. The van der Waals surface area contributed by atoms with Gasteiger partial charge in [0.05, 0.1) is 5.39 Å². The molecule has 0 saturated carbocycles. The molecule has 3 heterocycles. The number of hydrogen-bond donors (Lipinski definition) is 3. The zero-order chi connectivity index (χ0) is 21.6. The van der Waals surface area contributed by atoms with E-state index in [4.69, 9.17) is 0 Å². The van der Waals surface area contributed by atoms with Crippen LogP contribution in [-0.4, -0.2) is 46.0 Å². The molecule has 2 aromatic heterocycles. The molecule has 1 aromatic carbocycles. The fourth-order valence-electron chi connectivity index (χ4n) is 4.20. The van der Waals surface area contributed by atoms with Crippen LogP contribution in [0.25, 0.3) is 11.0 Å². The number of amides is 1. The van der Waals surface area contributed by atoms with Crippen LogP contribution in [0.5, 0.6) is 0 Å². The molecule has 1 fully saturated rings. The van der Waals surface area contributed by atoms with Gasteiger partial charge in [-0.25, -0.2) is 9.97 Å². The fourth-order valence-corrected chi connectivity index (χ4v) is 4.20. The lowest BCUT2D eigenvalue weighted by molar-refractivity contribution is -0.122. The topological polar surface area (TPSA) is 85.9 Å². The molecule has 7 heteroatoms. The number of nitrogens with one attached hydrogen (secondary N) is 3. The van der Waals surface area contributed by atoms with Gasteiger partial charge in [0.2, 0.25) is 5.91 Å². The van der Waals surface area contributed by atoms with Gasteiger partial charge in [-0.2, -0.15) is 0 Å². The Kier molecular flexibility index (Phi) is 6.70. The Labute approximate surface area is 183 Å². The summed E-state index contributed by atoms with van der Waals surface area (Å²) >= 11 is 0. The molecule has 0 bridgehead atoms. The van der Waals surface area contributed by atoms with Crippen molar-refractivity contribution in [2.45, 2.75) is 51.6 Å². The number of nitrogens with zero attached hydrogens (tertiary/aromatic N) is 3. The van der Waals surface area contributed by atoms with Crippen LogP contribution in [-0.2, 0) is 4.79 Å². The lowest BCUT2D eigenvalue weighted by Crippen LogP contribution is -2.51. The molecule has 3 N–H and O–H groups in total. The lowest BCUT2D eigenvalue weighted by atomic mass is 10.0. The number of rotatable bonds is 8. The standard InChI is InChI=1S/C24H32N6O/c1-17(2)10-11-21(28-18-7-4-3-5-8-18)24(31)29-19-9-6-14-30(15-19)23-20-12-13-25-22(20)26-16-27-23/h3-5,7-8,12-13,16-17,19,21,28H,6,9-11,14-15H2,1-2H3,(H,29,31)(H,25,26,27). The fraction of sp³-hybridized carbons (Fsp3) is 0.458. The molecule has 1 amide bonds. The molecule has 0 aliphatic carbocycles. The van der Waals surface area contributed by atoms with E-state index in [2.05, 4.69) is 44.3 Å². The molecule has 2 atom stereocenters. The monoisotopic (exact) mass is 420 g/mol. The van der Waals surface area contributed by atoms with Crippen molar-refractivity contribution in [1.29, 1.82) is 0 Å². The number of carbonyl (C=O) groups is 1. The van der Waals surface area contributed by atoms with E-state index >= 15 is 0 Å². The van der Waals surface area contributed by atoms with Crippen molar-refractivity contribution in [3.63, 3.8) is 0 Å². The van der Waals surface area contributed by atoms with Gasteiger partial charge in [0.1, 0.15) is 23.8 Å². The van der Waals surface area contributed by atoms with E-state index in [9.17, 15) is 4.79 Å². The summed E-state index contributed by atoms with van der Waals surface area (Å²) in [5, 5.41) is 7.77. The van der Waals surface area contributed by atoms with E-state index in [0.29, 0.717) is 5.92 Å². The van der Waals surface area contributed by atoms with Gasteiger partial charge in [0.15, 0.2) is 0 Å². The molecule has 164 valence electrons. The van der Waals surface area contributed by atoms with E-state index < -0.39 is 0 Å². The minimum Gasteiger partial charge on any atom is -0.374 e. The number of carbonyl (C=O) groups excluding carboxylic acids is 1. The van der Waals surface area contributed by atoms with Crippen LogP contribution < -0.4 is 15.5 Å². The number of piperidine rings is 1. The highest BCUT2D eigenvalue weighted by molar-refractivity contribution is 5.87. The van der Waals surface area contributed by atoms with Crippen molar-refractivity contribution in [2.24, 2.45) is 5.92 Å². The number of aromatic nitrogens is 3. The average Bonchev–Trinajstić information content (AvgIpc) is 3.26. The van der Waals surface area contributed by atoms with E-state index in [-0.39, 0.29) is 18.0 Å². The Balaban J connectivity index is 1.43. The summed E-state index contributed by atoms with van der Waals surface area (Å²) in [7, 11) is 0. The van der Waals surface area contributed by atoms with Crippen LogP contribution in [0, 0.1) is 5.92 Å². The van der Waals surface area contributed by atoms with E-state index in [1.54, 1.807) is 6.33 Å². The summed E-state index contributed by atoms with van der Waals surface area (Å²) in [6.45, 7) is 6.08. The van der Waals surface area contributed by atoms with Crippen LogP contribution >= 0.6 is 0 Å². The first-order valence-electron chi connectivity index (χ1n) is 11.2. The maximum Gasteiger partial charge on any atom is 0.242 e. The molecule has 1 saturated heterocycles. The van der Waals surface area contributed by atoms with Crippen LogP contribution in [0.15, 0.2) is 48.9 Å². The van der Waals surface area contributed by atoms with Gasteiger partial charge in [-0.1, -0.05) is 32.0 Å². The maximum atomic E-state index is 13.2. The molecule has 1 aliphatic rings. The first-order valence-corrected chi connectivity index (χ1v) is 11.2. The van der Waals surface area contributed by atoms with Gasteiger partial charge in [0.25, 0.3) is 0 Å². The van der Waals surface area contributed by atoms with Crippen molar-refractivity contribution in [1.82, 2.24) is 20.3 Å². The molecule has 31 heavy (non-hydrogen) atoms. The average molecular weight is 421 g/mol. The van der Waals surface area contributed by atoms with Crippen LogP contribution in [0.1, 0.15) is 39.5 Å². The molecule has 7 nitrogen and oxygen atoms in total. The third kappa shape index (κ3) is 5.34. The normalized spacial score (nSPS) is 17.6. The maximum absolute atomic E-state index is 13.2. The largest absolute Gasteiger partial charge is 0.374 e. The van der Waals surface area contributed by atoms with E-state index in [1.807, 2.05) is 42.6 Å². The second kappa shape index (κ2) is 9.81. The Morgan fingerprint density at radius 3 is 2.84 bits per heavy atom. The molecule has 2 unspecified atom stereocenters. The van der Waals surface area contributed by atoms with Crippen LogP contribution in [0.4, 0.5) is 11.5 Å². The number of benzene rings is 1. The molecule has 4 rings (SSSR count). The molecular weight excluding hydrogens is 388 g/mol. The zero-order valence-electron chi connectivity index (χ0n) is 18.3. The van der Waals surface area contributed by atoms with Gasteiger partial charge in [-0.15, -0.1) is 0 Å². The minimum atomic E-state index is -0.240. The van der Waals surface area contributed by atoms with Crippen LogP contribution in [0.2, 0.25) is 0 Å². The predicted octanol–water partition coefficient (Wildman–Crippen LogP) is 3.96. The van der Waals surface area contributed by atoms with E-state index in [0.717, 1.165) is 61.3 Å². The molecule has 3 aromatic rings. The molecule has 1 aliphatic heterocycles. The van der Waals surface area contributed by atoms with E-state index in [1.165, 1.54) is 0 Å². The highest BCUT2D eigenvalue weighted by Crippen LogP contribution is 2.25. The Morgan fingerprint density at radius 1 is 1.19 bits per heavy atom. The third-order valence-electron chi connectivity index (χ3n) is 5.86. The van der Waals surface area contributed by atoms with Crippen LogP contribution in [0.3, 0.4) is 0 Å². The smallest absolute Gasteiger partial charge is 0.242 e. The summed E-state index contributed by atoms with van der Waals surface area (Å²) in [5.74, 6) is 1.56. The third-order valence-corrected chi connectivity index (χ3v) is 5.86. The summed E-state index contributed by atoms with van der Waals surface area (Å²) in [6, 6.07) is 11.9. The Bertz CT molecular complexity index is 986. The van der Waals surface area contributed by atoms with Gasteiger partial charge in [0, 0.05) is 31.0 Å². The van der Waals surface area contributed by atoms with Gasteiger partial charge < -0.3 is 20.5 Å². The molecular formula is C24H32N6O. The highest BCUT2D eigenvalue weighted by Gasteiger charge is 2.27. The highest BCUT2D eigenvalue weighted by atomic mass is 16.2. The summed E-state index contributed by atoms with van der Waals surface area (Å²) < 4.78 is 0. The summed E-state index contributed by atoms with van der Waals surface area (Å²) in [5.41, 5.74) is 1.82. The number of hydrogen-bond acceptors (Lipinski definition) is 5. The second-order valence-corrected chi connectivity index (χ2v) is 8.77. The van der Waals surface area contributed by atoms with Gasteiger partial charge in [-0.05, 0) is 49.8 Å². The SMILES string of the molecule is CC(C)CCC(Nc1ccccc1)C(=O)NC1CCCN(c2ncnc3[nH]ccc23)C1. The number of aromatic amines is 1. The van der Waals surface area contributed by atoms with Gasteiger partial charge >= 0.3 is 0 Å². The summed E-state index contributed by atoms with van der Waals surface area (Å²) in [6.07, 6.45) is 7.30. The first-order chi connectivity index (χ1) is 15.1. The van der Waals surface area contributed by atoms with Crippen molar-refractivity contribution >= 4 is 28.4 Å². The molecule has 0 spiro atoms. The quantitative estimate of drug-likeness (QED) is 0.514. The number of para-hydroxylation sites is 1. The Hall–Kier alpha value is -3.09. The van der Waals surface area contributed by atoms with Crippen molar-refractivity contribution < 1.29 is 4.79 Å². The van der Waals surface area contributed by atoms with Crippen molar-refractivity contribution in [3.8, 4) is 0 Å². The predicted molar refractivity (Wildman–Crippen MR) is 125 cm³/mol.